The number of benzene rings is 2. The lowest BCUT2D eigenvalue weighted by Crippen LogP contribution is -2.49. The number of likely N-dealkylation sites (N-methyl/N-ethyl adjacent to an activating group) is 1. The number of nitrogens with one attached hydrogen (secondary N) is 2. The Morgan fingerprint density at radius 2 is 1.69 bits per heavy atom. The van der Waals surface area contributed by atoms with Crippen molar-refractivity contribution < 1.29 is 8.78 Å². The fourth-order valence-corrected chi connectivity index (χ4v) is 4.03. The van der Waals surface area contributed by atoms with E-state index in [4.69, 9.17) is 0 Å². The zero-order valence-electron chi connectivity index (χ0n) is 19.0. The molecule has 1 saturated heterocycles. The number of aliphatic imine (C=N–C) groups is 1. The maximum Gasteiger partial charge on any atom is 0.191 e. The molecule has 1 aliphatic heterocycles. The van der Waals surface area contributed by atoms with Crippen LogP contribution in [0.2, 0.25) is 0 Å². The van der Waals surface area contributed by atoms with E-state index < -0.39 is 17.7 Å². The lowest BCUT2D eigenvalue weighted by atomic mass is 10.0. The summed E-state index contributed by atoms with van der Waals surface area (Å²) < 4.78 is 28.6. The molecule has 0 spiro atoms. The van der Waals surface area contributed by atoms with E-state index in [1.54, 1.807) is 7.05 Å². The van der Waals surface area contributed by atoms with Crippen LogP contribution in [-0.4, -0.2) is 62.6 Å². The molecule has 2 N–H and O–H groups in total. The van der Waals surface area contributed by atoms with E-state index in [-0.39, 0.29) is 29.5 Å². The zero-order chi connectivity index (χ0) is 22.2. The number of hydrogen-bond acceptors (Lipinski definition) is 3. The average Bonchev–Trinajstić information content (AvgIpc) is 2.76. The molecule has 176 valence electrons. The van der Waals surface area contributed by atoms with Gasteiger partial charge in [-0.2, -0.15) is 0 Å². The highest BCUT2D eigenvalue weighted by Crippen LogP contribution is 2.24. The van der Waals surface area contributed by atoms with Gasteiger partial charge in [-0.15, -0.1) is 24.0 Å². The van der Waals surface area contributed by atoms with Crippen molar-refractivity contribution in [1.82, 2.24) is 20.4 Å². The van der Waals surface area contributed by atoms with Gasteiger partial charge in [-0.3, -0.25) is 9.89 Å². The predicted octanol–water partition coefficient (Wildman–Crippen LogP) is 4.02. The molecule has 0 radical (unpaired) electrons. The second-order valence-corrected chi connectivity index (χ2v) is 8.25. The van der Waals surface area contributed by atoms with Crippen molar-refractivity contribution in [3.8, 4) is 0 Å². The molecule has 0 aromatic heterocycles. The number of hydrogen-bond donors (Lipinski definition) is 2. The topological polar surface area (TPSA) is 42.9 Å². The van der Waals surface area contributed by atoms with Gasteiger partial charge in [-0.05, 0) is 44.6 Å². The van der Waals surface area contributed by atoms with Gasteiger partial charge in [-0.25, -0.2) is 8.78 Å². The Kier molecular flexibility index (Phi) is 10.8. The van der Waals surface area contributed by atoms with Crippen LogP contribution in [0.15, 0.2) is 53.5 Å². The molecule has 2 aromatic carbocycles. The van der Waals surface area contributed by atoms with E-state index in [9.17, 15) is 8.78 Å². The van der Waals surface area contributed by atoms with Gasteiger partial charge in [0.1, 0.15) is 11.6 Å². The van der Waals surface area contributed by atoms with Crippen molar-refractivity contribution in [2.45, 2.75) is 31.5 Å². The average molecular weight is 557 g/mol. The van der Waals surface area contributed by atoms with Crippen LogP contribution in [0, 0.1) is 11.6 Å². The summed E-state index contributed by atoms with van der Waals surface area (Å²) in [5, 5.41) is 6.72. The molecule has 1 fully saturated rings. The van der Waals surface area contributed by atoms with E-state index in [1.165, 1.54) is 23.8 Å². The van der Waals surface area contributed by atoms with Crippen LogP contribution in [-0.2, 0) is 6.54 Å². The smallest absolute Gasteiger partial charge is 0.191 e. The van der Waals surface area contributed by atoms with Gasteiger partial charge in [0.15, 0.2) is 5.96 Å². The molecule has 1 aliphatic rings. The van der Waals surface area contributed by atoms with Crippen LogP contribution in [0.1, 0.15) is 30.0 Å². The first-order chi connectivity index (χ1) is 15.0. The molecule has 5 nitrogen and oxygen atoms in total. The third-order valence-electron chi connectivity index (χ3n) is 5.82. The van der Waals surface area contributed by atoms with Gasteiger partial charge in [0, 0.05) is 44.8 Å². The monoisotopic (exact) mass is 557 g/mol. The van der Waals surface area contributed by atoms with Crippen molar-refractivity contribution in [1.29, 1.82) is 0 Å². The van der Waals surface area contributed by atoms with Gasteiger partial charge >= 0.3 is 0 Å². The Labute approximate surface area is 207 Å². The largest absolute Gasteiger partial charge is 0.354 e. The van der Waals surface area contributed by atoms with Crippen molar-refractivity contribution in [2.24, 2.45) is 4.99 Å². The molecule has 32 heavy (non-hydrogen) atoms. The molecule has 1 atom stereocenters. The number of halogens is 3. The molecule has 0 amide bonds. The van der Waals surface area contributed by atoms with Crippen LogP contribution in [0.4, 0.5) is 8.78 Å². The molecule has 0 bridgehead atoms. The Balaban J connectivity index is 0.00000363. The maximum atomic E-state index is 14.3. The SMILES string of the molecule is CN=C(NCC(c1c(F)cccc1F)N(C)C)NC1CCN(Cc2ccccc2)CC1.I. The fraction of sp³-hybridized carbons (Fsp3) is 0.458. The Hall–Kier alpha value is -1.78. The van der Waals surface area contributed by atoms with Gasteiger partial charge in [0.25, 0.3) is 0 Å². The Morgan fingerprint density at radius 1 is 1.06 bits per heavy atom. The zero-order valence-corrected chi connectivity index (χ0v) is 21.4. The summed E-state index contributed by atoms with van der Waals surface area (Å²) in [4.78, 5) is 8.59. The number of rotatable bonds is 7. The number of guanidine groups is 1. The highest BCUT2D eigenvalue weighted by Gasteiger charge is 2.24. The number of piperidine rings is 1. The predicted molar refractivity (Wildman–Crippen MR) is 137 cm³/mol. The normalized spacial score (nSPS) is 16.5. The fourth-order valence-electron chi connectivity index (χ4n) is 4.03. The summed E-state index contributed by atoms with van der Waals surface area (Å²) in [6, 6.07) is 14.4. The Morgan fingerprint density at radius 3 is 2.25 bits per heavy atom. The second kappa shape index (κ2) is 13.1. The molecule has 0 aliphatic carbocycles. The van der Waals surface area contributed by atoms with Crippen LogP contribution in [0.3, 0.4) is 0 Å². The summed E-state index contributed by atoms with van der Waals surface area (Å²) in [6.07, 6.45) is 2.04. The molecular weight excluding hydrogens is 523 g/mol. The second-order valence-electron chi connectivity index (χ2n) is 8.25. The maximum absolute atomic E-state index is 14.3. The van der Waals surface area contributed by atoms with E-state index in [2.05, 4.69) is 44.8 Å². The van der Waals surface area contributed by atoms with Crippen LogP contribution < -0.4 is 10.6 Å². The summed E-state index contributed by atoms with van der Waals surface area (Å²) in [5.74, 6) is -0.409. The van der Waals surface area contributed by atoms with E-state index in [0.29, 0.717) is 18.5 Å². The first-order valence-electron chi connectivity index (χ1n) is 10.8. The van der Waals surface area contributed by atoms with E-state index >= 15 is 0 Å². The summed E-state index contributed by atoms with van der Waals surface area (Å²) in [6.45, 7) is 3.35. The quantitative estimate of drug-likeness (QED) is 0.307. The minimum absolute atomic E-state index is 0. The molecular formula is C24H34F2IN5. The first-order valence-corrected chi connectivity index (χ1v) is 10.8. The van der Waals surface area contributed by atoms with Crippen LogP contribution >= 0.6 is 24.0 Å². The van der Waals surface area contributed by atoms with Crippen molar-refractivity contribution in [3.63, 3.8) is 0 Å². The molecule has 8 heteroatoms. The highest BCUT2D eigenvalue weighted by molar-refractivity contribution is 14.0. The number of likely N-dealkylation sites (tertiary alicyclic amines) is 1. The van der Waals surface area contributed by atoms with Gasteiger partial charge < -0.3 is 15.5 Å². The van der Waals surface area contributed by atoms with Gasteiger partial charge in [0.2, 0.25) is 0 Å². The summed E-state index contributed by atoms with van der Waals surface area (Å²) in [5.41, 5.74) is 1.41. The third-order valence-corrected chi connectivity index (χ3v) is 5.82. The molecule has 1 heterocycles. The lowest BCUT2D eigenvalue weighted by Gasteiger charge is -2.33. The third kappa shape index (κ3) is 7.38. The molecule has 2 aromatic rings. The van der Waals surface area contributed by atoms with Crippen LogP contribution in [0.5, 0.6) is 0 Å². The minimum atomic E-state index is -0.533. The van der Waals surface area contributed by atoms with Gasteiger partial charge in [0.05, 0.1) is 6.04 Å². The number of nitrogens with zero attached hydrogens (tertiary/aromatic N) is 3. The Bertz CT molecular complexity index is 834. The summed E-state index contributed by atoms with van der Waals surface area (Å²) in [7, 11) is 5.35. The van der Waals surface area contributed by atoms with E-state index in [1.807, 2.05) is 25.1 Å². The lowest BCUT2D eigenvalue weighted by molar-refractivity contribution is 0.198. The van der Waals surface area contributed by atoms with Crippen molar-refractivity contribution >= 4 is 29.9 Å². The summed E-state index contributed by atoms with van der Waals surface area (Å²) >= 11 is 0. The van der Waals surface area contributed by atoms with E-state index in [0.717, 1.165) is 32.5 Å². The van der Waals surface area contributed by atoms with Crippen molar-refractivity contribution in [3.05, 3.63) is 71.3 Å². The van der Waals surface area contributed by atoms with Crippen molar-refractivity contribution in [2.75, 3.05) is 40.8 Å². The minimum Gasteiger partial charge on any atom is -0.354 e. The first kappa shape index (κ1) is 26.5. The molecule has 0 saturated carbocycles. The van der Waals surface area contributed by atoms with Crippen LogP contribution in [0.25, 0.3) is 0 Å². The molecule has 1 unspecified atom stereocenters. The standard InChI is InChI=1S/C24H33F2N5.HI/c1-27-24(28-16-22(30(2)3)23-20(25)10-7-11-21(23)26)29-19-12-14-31(15-13-19)17-18-8-5-4-6-9-18;/h4-11,19,22H,12-17H2,1-3H3,(H2,27,28,29);1H. The molecule has 3 rings (SSSR count). The highest BCUT2D eigenvalue weighted by atomic mass is 127. The van der Waals surface area contributed by atoms with Gasteiger partial charge in [-0.1, -0.05) is 36.4 Å².